The Labute approximate surface area is 187 Å². The van der Waals surface area contributed by atoms with Crippen LogP contribution in [0.2, 0.25) is 0 Å². The third kappa shape index (κ3) is 4.33. The van der Waals surface area contributed by atoms with Crippen molar-refractivity contribution in [2.45, 2.75) is 19.8 Å². The third-order valence-electron chi connectivity index (χ3n) is 5.08. The second-order valence-corrected chi connectivity index (χ2v) is 7.22. The van der Waals surface area contributed by atoms with Crippen LogP contribution in [-0.4, -0.2) is 28.3 Å². The maximum Gasteiger partial charge on any atom is 0.168 e. The average molecular weight is 425 g/mol. The van der Waals surface area contributed by atoms with E-state index >= 15 is 0 Å². The van der Waals surface area contributed by atoms with Gasteiger partial charge in [-0.25, -0.2) is 9.97 Å². The Balaban J connectivity index is 1.77. The summed E-state index contributed by atoms with van der Waals surface area (Å²) in [5.74, 6) is 2.84. The van der Waals surface area contributed by atoms with E-state index in [1.54, 1.807) is 19.4 Å². The standard InChI is InChI=1S/C26H24N4O2/c1-3-4-16-32-26-20(8-7-11-23(26)31-2)13-15-25-29-21-9-5-6-10-22(21)30(25)24-14-12-19(17-27)18-28-24/h5-15,18H,3-4,16H2,1-2H3. The lowest BCUT2D eigenvalue weighted by molar-refractivity contribution is 0.287. The number of benzene rings is 2. The van der Waals surface area contributed by atoms with Gasteiger partial charge in [-0.1, -0.05) is 37.6 Å². The summed E-state index contributed by atoms with van der Waals surface area (Å²) in [4.78, 5) is 9.27. The minimum absolute atomic E-state index is 0.514. The number of unbranched alkanes of at least 4 members (excludes halogenated alkanes) is 1. The second-order valence-electron chi connectivity index (χ2n) is 7.22. The molecule has 160 valence electrons. The van der Waals surface area contributed by atoms with Gasteiger partial charge in [-0.05, 0) is 48.9 Å². The Morgan fingerprint density at radius 2 is 1.94 bits per heavy atom. The molecule has 0 spiro atoms. The van der Waals surface area contributed by atoms with Gasteiger partial charge in [-0.15, -0.1) is 0 Å². The first kappa shape index (κ1) is 21.1. The molecule has 0 saturated carbocycles. The SMILES string of the molecule is CCCCOc1c(C=Cc2nc3ccccc3n2-c2ccc(C#N)cn2)cccc1OC. The van der Waals surface area contributed by atoms with Crippen LogP contribution >= 0.6 is 0 Å². The molecule has 0 aliphatic carbocycles. The summed E-state index contributed by atoms with van der Waals surface area (Å²) in [6, 6.07) is 19.4. The molecule has 0 bridgehead atoms. The van der Waals surface area contributed by atoms with Gasteiger partial charge < -0.3 is 9.47 Å². The van der Waals surface area contributed by atoms with Crippen LogP contribution in [0.15, 0.2) is 60.8 Å². The predicted molar refractivity (Wildman–Crippen MR) is 126 cm³/mol. The molecule has 0 atom stereocenters. The van der Waals surface area contributed by atoms with Crippen LogP contribution in [0.1, 0.15) is 36.7 Å². The maximum atomic E-state index is 9.10. The number of pyridine rings is 1. The number of methoxy groups -OCH3 is 1. The van der Waals surface area contributed by atoms with E-state index in [4.69, 9.17) is 19.7 Å². The summed E-state index contributed by atoms with van der Waals surface area (Å²) >= 11 is 0. The number of nitriles is 1. The first-order chi connectivity index (χ1) is 15.7. The van der Waals surface area contributed by atoms with Crippen molar-refractivity contribution in [3.05, 3.63) is 77.7 Å². The number of imidazole rings is 1. The molecule has 4 aromatic rings. The highest BCUT2D eigenvalue weighted by molar-refractivity contribution is 5.82. The molecule has 4 rings (SSSR count). The monoisotopic (exact) mass is 424 g/mol. The van der Waals surface area contributed by atoms with Crippen LogP contribution in [0.3, 0.4) is 0 Å². The summed E-state index contributed by atoms with van der Waals surface area (Å²) in [7, 11) is 1.64. The zero-order valence-electron chi connectivity index (χ0n) is 18.2. The first-order valence-corrected chi connectivity index (χ1v) is 10.6. The first-order valence-electron chi connectivity index (χ1n) is 10.6. The number of para-hydroxylation sites is 3. The molecular formula is C26H24N4O2. The number of ether oxygens (including phenoxy) is 2. The highest BCUT2D eigenvalue weighted by atomic mass is 16.5. The van der Waals surface area contributed by atoms with E-state index in [0.29, 0.717) is 23.7 Å². The number of aromatic nitrogens is 3. The zero-order valence-corrected chi connectivity index (χ0v) is 18.2. The van der Waals surface area contributed by atoms with Gasteiger partial charge in [0.1, 0.15) is 17.7 Å². The molecule has 0 aliphatic heterocycles. The molecule has 0 amide bonds. The maximum absolute atomic E-state index is 9.10. The molecule has 0 aliphatic rings. The molecule has 2 aromatic heterocycles. The lowest BCUT2D eigenvalue weighted by Crippen LogP contribution is -2.01. The minimum atomic E-state index is 0.514. The van der Waals surface area contributed by atoms with Crippen molar-refractivity contribution < 1.29 is 9.47 Å². The predicted octanol–water partition coefficient (Wildman–Crippen LogP) is 5.65. The Hall–Kier alpha value is -4.11. The number of hydrogen-bond donors (Lipinski definition) is 0. The Morgan fingerprint density at radius 3 is 2.69 bits per heavy atom. The second kappa shape index (κ2) is 9.80. The number of hydrogen-bond acceptors (Lipinski definition) is 5. The molecule has 0 fully saturated rings. The van der Waals surface area contributed by atoms with Crippen molar-refractivity contribution in [1.29, 1.82) is 5.26 Å². The van der Waals surface area contributed by atoms with E-state index in [-0.39, 0.29) is 0 Å². The van der Waals surface area contributed by atoms with Crippen molar-refractivity contribution in [1.82, 2.24) is 14.5 Å². The Morgan fingerprint density at radius 1 is 1.06 bits per heavy atom. The van der Waals surface area contributed by atoms with Crippen LogP contribution in [0.4, 0.5) is 0 Å². The normalized spacial score (nSPS) is 11.0. The van der Waals surface area contributed by atoms with Gasteiger partial charge in [-0.3, -0.25) is 4.57 Å². The highest BCUT2D eigenvalue weighted by Gasteiger charge is 2.13. The number of nitrogens with zero attached hydrogens (tertiary/aromatic N) is 4. The van der Waals surface area contributed by atoms with Gasteiger partial charge >= 0.3 is 0 Å². The van der Waals surface area contributed by atoms with E-state index in [9.17, 15) is 0 Å². The molecule has 6 nitrogen and oxygen atoms in total. The van der Waals surface area contributed by atoms with E-state index in [2.05, 4.69) is 18.0 Å². The van der Waals surface area contributed by atoms with E-state index in [0.717, 1.165) is 41.0 Å². The summed E-state index contributed by atoms with van der Waals surface area (Å²) in [5, 5.41) is 9.10. The molecule has 0 N–H and O–H groups in total. The van der Waals surface area contributed by atoms with Crippen molar-refractivity contribution in [2.24, 2.45) is 0 Å². The van der Waals surface area contributed by atoms with Crippen molar-refractivity contribution in [3.8, 4) is 23.4 Å². The van der Waals surface area contributed by atoms with Crippen molar-refractivity contribution >= 4 is 23.2 Å². The van der Waals surface area contributed by atoms with E-state index in [1.165, 1.54) is 0 Å². The quantitative estimate of drug-likeness (QED) is 0.342. The minimum Gasteiger partial charge on any atom is -0.493 e. The smallest absolute Gasteiger partial charge is 0.168 e. The summed E-state index contributed by atoms with van der Waals surface area (Å²) in [6.45, 7) is 2.76. The average Bonchev–Trinajstić information content (AvgIpc) is 3.21. The topological polar surface area (TPSA) is 73.0 Å². The molecule has 0 unspecified atom stereocenters. The molecule has 6 heteroatoms. The fraction of sp³-hybridized carbons (Fsp3) is 0.192. The van der Waals surface area contributed by atoms with E-state index in [1.807, 2.05) is 65.3 Å². The molecular weight excluding hydrogens is 400 g/mol. The number of fused-ring (bicyclic) bond motifs is 1. The van der Waals surface area contributed by atoms with Crippen LogP contribution in [0.5, 0.6) is 11.5 Å². The van der Waals surface area contributed by atoms with Gasteiger partial charge in [0, 0.05) is 11.8 Å². The van der Waals surface area contributed by atoms with Gasteiger partial charge in [0.05, 0.1) is 30.3 Å². The molecule has 2 heterocycles. The van der Waals surface area contributed by atoms with Gasteiger partial charge in [0.2, 0.25) is 0 Å². The molecule has 0 radical (unpaired) electrons. The van der Waals surface area contributed by atoms with Crippen LogP contribution in [0, 0.1) is 11.3 Å². The van der Waals surface area contributed by atoms with Gasteiger partial charge in [-0.2, -0.15) is 5.26 Å². The summed E-state index contributed by atoms with van der Waals surface area (Å²) < 4.78 is 13.5. The highest BCUT2D eigenvalue weighted by Crippen LogP contribution is 2.33. The third-order valence-corrected chi connectivity index (χ3v) is 5.08. The largest absolute Gasteiger partial charge is 0.493 e. The van der Waals surface area contributed by atoms with Crippen molar-refractivity contribution in [2.75, 3.05) is 13.7 Å². The fourth-order valence-corrected chi connectivity index (χ4v) is 3.44. The summed E-state index contributed by atoms with van der Waals surface area (Å²) in [6.07, 6.45) is 7.52. The lowest BCUT2D eigenvalue weighted by atomic mass is 10.1. The zero-order chi connectivity index (χ0) is 22.3. The van der Waals surface area contributed by atoms with Crippen LogP contribution < -0.4 is 9.47 Å². The molecule has 2 aromatic carbocycles. The van der Waals surface area contributed by atoms with Gasteiger partial charge in [0.15, 0.2) is 11.5 Å². The van der Waals surface area contributed by atoms with Gasteiger partial charge in [0.25, 0.3) is 0 Å². The molecule has 32 heavy (non-hydrogen) atoms. The summed E-state index contributed by atoms with van der Waals surface area (Å²) in [5.41, 5.74) is 3.23. The van der Waals surface area contributed by atoms with E-state index < -0.39 is 0 Å². The lowest BCUT2D eigenvalue weighted by Gasteiger charge is -2.13. The Bertz CT molecular complexity index is 1280. The fourth-order valence-electron chi connectivity index (χ4n) is 3.44. The molecule has 0 saturated heterocycles. The van der Waals surface area contributed by atoms with Crippen molar-refractivity contribution in [3.63, 3.8) is 0 Å². The van der Waals surface area contributed by atoms with Crippen LogP contribution in [0.25, 0.3) is 29.0 Å². The Kier molecular flexibility index (Phi) is 6.47. The van der Waals surface area contributed by atoms with Crippen LogP contribution in [-0.2, 0) is 0 Å². The number of rotatable bonds is 8.